The molecule has 0 aliphatic carbocycles. The summed E-state index contributed by atoms with van der Waals surface area (Å²) in [6.45, 7) is 9.42. The SMILES string of the molecule is CCCOc1cccc([C@H]2C(C(=O)c3ccco3)=C(O)C(=O)N2CCN(CC)CC)c1. The van der Waals surface area contributed by atoms with Gasteiger partial charge in [0.15, 0.2) is 11.5 Å². The Balaban J connectivity index is 2.00. The molecule has 1 aliphatic rings. The summed E-state index contributed by atoms with van der Waals surface area (Å²) in [5, 5.41) is 10.7. The fraction of sp³-hybridized carbons (Fsp3) is 0.417. The van der Waals surface area contributed by atoms with Crippen LogP contribution in [-0.2, 0) is 4.79 Å². The van der Waals surface area contributed by atoms with Gasteiger partial charge in [0, 0.05) is 13.1 Å². The summed E-state index contributed by atoms with van der Waals surface area (Å²) in [5.74, 6) is -0.821. The van der Waals surface area contributed by atoms with Crippen molar-refractivity contribution in [3.05, 3.63) is 65.3 Å². The lowest BCUT2D eigenvalue weighted by molar-refractivity contribution is -0.129. The zero-order valence-electron chi connectivity index (χ0n) is 18.3. The Morgan fingerprint density at radius 3 is 2.61 bits per heavy atom. The fourth-order valence-corrected chi connectivity index (χ4v) is 3.79. The van der Waals surface area contributed by atoms with Crippen LogP contribution in [0.25, 0.3) is 0 Å². The summed E-state index contributed by atoms with van der Waals surface area (Å²) < 4.78 is 11.0. The third-order valence-corrected chi connectivity index (χ3v) is 5.49. The number of hydrogen-bond acceptors (Lipinski definition) is 6. The first-order valence-corrected chi connectivity index (χ1v) is 10.8. The number of amides is 1. The van der Waals surface area contributed by atoms with Crippen LogP contribution in [0.3, 0.4) is 0 Å². The van der Waals surface area contributed by atoms with E-state index in [1.165, 1.54) is 12.3 Å². The lowest BCUT2D eigenvalue weighted by atomic mass is 9.95. The average molecular weight is 427 g/mol. The molecule has 0 fully saturated rings. The Hall–Kier alpha value is -3.06. The molecule has 0 bridgehead atoms. The van der Waals surface area contributed by atoms with Crippen LogP contribution in [0.4, 0.5) is 0 Å². The number of furan rings is 1. The van der Waals surface area contributed by atoms with E-state index in [4.69, 9.17) is 9.15 Å². The molecule has 1 aliphatic heterocycles. The van der Waals surface area contributed by atoms with E-state index >= 15 is 0 Å². The lowest BCUT2D eigenvalue weighted by Crippen LogP contribution is -2.38. The maximum atomic E-state index is 13.2. The second-order valence-corrected chi connectivity index (χ2v) is 7.42. The standard InChI is InChI=1S/C24H30N2O5/c1-4-14-30-18-10-7-9-17(16-18)21-20(22(27)19-11-8-15-31-19)23(28)24(29)26(21)13-12-25(5-2)6-3/h7-11,15-16,21,28H,4-6,12-14H2,1-3H3/t21-/m0/s1. The van der Waals surface area contributed by atoms with E-state index < -0.39 is 23.5 Å². The molecule has 7 heteroatoms. The third-order valence-electron chi connectivity index (χ3n) is 5.49. The number of ketones is 1. The van der Waals surface area contributed by atoms with Gasteiger partial charge in [0.25, 0.3) is 5.91 Å². The number of carbonyl (C=O) groups is 2. The van der Waals surface area contributed by atoms with Gasteiger partial charge < -0.3 is 24.1 Å². The van der Waals surface area contributed by atoms with E-state index in [1.807, 2.05) is 31.2 Å². The van der Waals surface area contributed by atoms with Crippen LogP contribution in [0.2, 0.25) is 0 Å². The van der Waals surface area contributed by atoms with Gasteiger partial charge in [0.05, 0.1) is 24.5 Å². The Kier molecular flexibility index (Phi) is 7.52. The molecule has 2 aromatic rings. The molecule has 0 spiro atoms. The number of nitrogens with zero attached hydrogens (tertiary/aromatic N) is 2. The minimum Gasteiger partial charge on any atom is -0.503 e. The van der Waals surface area contributed by atoms with Crippen LogP contribution >= 0.6 is 0 Å². The molecule has 0 unspecified atom stereocenters. The second-order valence-electron chi connectivity index (χ2n) is 7.42. The quantitative estimate of drug-likeness (QED) is 0.547. The molecule has 7 nitrogen and oxygen atoms in total. The maximum Gasteiger partial charge on any atom is 0.290 e. The van der Waals surface area contributed by atoms with Gasteiger partial charge in [-0.05, 0) is 49.3 Å². The number of carbonyl (C=O) groups excluding carboxylic acids is 2. The van der Waals surface area contributed by atoms with E-state index in [2.05, 4.69) is 18.7 Å². The van der Waals surface area contributed by atoms with E-state index in [1.54, 1.807) is 11.0 Å². The lowest BCUT2D eigenvalue weighted by Gasteiger charge is -2.29. The molecule has 0 saturated carbocycles. The van der Waals surface area contributed by atoms with Gasteiger partial charge in [-0.3, -0.25) is 9.59 Å². The summed E-state index contributed by atoms with van der Waals surface area (Å²) in [4.78, 5) is 29.9. The van der Waals surface area contributed by atoms with Crippen LogP contribution < -0.4 is 4.74 Å². The predicted molar refractivity (Wildman–Crippen MR) is 117 cm³/mol. The van der Waals surface area contributed by atoms with Crippen molar-refractivity contribution in [3.63, 3.8) is 0 Å². The summed E-state index contributed by atoms with van der Waals surface area (Å²) in [6, 6.07) is 9.76. The molecule has 1 atom stereocenters. The first-order valence-electron chi connectivity index (χ1n) is 10.8. The van der Waals surface area contributed by atoms with Crippen molar-refractivity contribution in [1.29, 1.82) is 0 Å². The molecule has 1 amide bonds. The van der Waals surface area contributed by atoms with Crippen molar-refractivity contribution < 1.29 is 23.8 Å². The van der Waals surface area contributed by atoms with Crippen molar-refractivity contribution in [2.24, 2.45) is 0 Å². The average Bonchev–Trinajstić information content (AvgIpc) is 3.41. The summed E-state index contributed by atoms with van der Waals surface area (Å²) in [6.07, 6.45) is 2.26. The molecule has 1 N–H and O–H groups in total. The van der Waals surface area contributed by atoms with Crippen molar-refractivity contribution in [2.45, 2.75) is 33.2 Å². The number of benzene rings is 1. The molecule has 1 aromatic carbocycles. The fourth-order valence-electron chi connectivity index (χ4n) is 3.79. The number of hydrogen-bond donors (Lipinski definition) is 1. The highest BCUT2D eigenvalue weighted by atomic mass is 16.5. The molecule has 1 aromatic heterocycles. The van der Waals surface area contributed by atoms with Crippen LogP contribution in [0, 0.1) is 0 Å². The third kappa shape index (κ3) is 4.82. The molecule has 3 rings (SSSR count). The highest BCUT2D eigenvalue weighted by Crippen LogP contribution is 2.39. The molecule has 166 valence electrons. The first-order chi connectivity index (χ1) is 15.0. The Morgan fingerprint density at radius 2 is 1.97 bits per heavy atom. The number of rotatable bonds is 11. The zero-order valence-corrected chi connectivity index (χ0v) is 18.3. The highest BCUT2D eigenvalue weighted by molar-refractivity contribution is 6.15. The minimum absolute atomic E-state index is 0.0344. The normalized spacial score (nSPS) is 16.5. The van der Waals surface area contributed by atoms with E-state index in [-0.39, 0.29) is 11.3 Å². The van der Waals surface area contributed by atoms with Gasteiger partial charge in [-0.25, -0.2) is 0 Å². The maximum absolute atomic E-state index is 13.2. The van der Waals surface area contributed by atoms with Crippen LogP contribution in [-0.4, -0.2) is 59.4 Å². The number of likely N-dealkylation sites (N-methyl/N-ethyl adjacent to an activating group) is 1. The molecule has 0 saturated heterocycles. The second kappa shape index (κ2) is 10.3. The molecule has 2 heterocycles. The largest absolute Gasteiger partial charge is 0.503 e. The summed E-state index contributed by atoms with van der Waals surface area (Å²) >= 11 is 0. The van der Waals surface area contributed by atoms with Crippen LogP contribution in [0.5, 0.6) is 5.75 Å². The van der Waals surface area contributed by atoms with Gasteiger partial charge in [0.2, 0.25) is 5.78 Å². The molecular weight excluding hydrogens is 396 g/mol. The molecule has 31 heavy (non-hydrogen) atoms. The van der Waals surface area contributed by atoms with Crippen molar-refractivity contribution in [2.75, 3.05) is 32.8 Å². The van der Waals surface area contributed by atoms with Gasteiger partial charge >= 0.3 is 0 Å². The van der Waals surface area contributed by atoms with Crippen molar-refractivity contribution >= 4 is 11.7 Å². The smallest absolute Gasteiger partial charge is 0.290 e. The van der Waals surface area contributed by atoms with Gasteiger partial charge in [-0.2, -0.15) is 0 Å². The highest BCUT2D eigenvalue weighted by Gasteiger charge is 2.44. The van der Waals surface area contributed by atoms with E-state index in [9.17, 15) is 14.7 Å². The zero-order chi connectivity index (χ0) is 22.4. The van der Waals surface area contributed by atoms with Crippen molar-refractivity contribution in [1.82, 2.24) is 9.80 Å². The van der Waals surface area contributed by atoms with Gasteiger partial charge in [-0.15, -0.1) is 0 Å². The predicted octanol–water partition coefficient (Wildman–Crippen LogP) is 3.99. The van der Waals surface area contributed by atoms with Gasteiger partial charge in [-0.1, -0.05) is 32.9 Å². The Bertz CT molecular complexity index is 931. The molecule has 0 radical (unpaired) electrons. The number of aliphatic hydroxyl groups excluding tert-OH is 1. The van der Waals surface area contributed by atoms with Crippen molar-refractivity contribution in [3.8, 4) is 5.75 Å². The molecular formula is C24H30N2O5. The number of aliphatic hydroxyl groups is 1. The Labute approximate surface area is 182 Å². The number of ether oxygens (including phenoxy) is 1. The van der Waals surface area contributed by atoms with Gasteiger partial charge in [0.1, 0.15) is 5.75 Å². The van der Waals surface area contributed by atoms with E-state index in [0.717, 1.165) is 19.5 Å². The number of Topliss-reactive ketones (excluding diaryl/α,β-unsaturated/α-hetero) is 1. The first kappa shape index (κ1) is 22.6. The monoisotopic (exact) mass is 426 g/mol. The minimum atomic E-state index is -0.717. The van der Waals surface area contributed by atoms with E-state index in [0.29, 0.717) is 31.0 Å². The summed E-state index contributed by atoms with van der Waals surface area (Å²) in [7, 11) is 0. The Morgan fingerprint density at radius 1 is 1.19 bits per heavy atom. The topological polar surface area (TPSA) is 83.2 Å². The summed E-state index contributed by atoms with van der Waals surface area (Å²) in [5.41, 5.74) is 0.743. The van der Waals surface area contributed by atoms with Crippen LogP contribution in [0.1, 0.15) is 49.4 Å². The van der Waals surface area contributed by atoms with Crippen LogP contribution in [0.15, 0.2) is 58.4 Å².